The van der Waals surface area contributed by atoms with Crippen molar-refractivity contribution in [1.29, 1.82) is 0 Å². The molecule has 1 aromatic carbocycles. The number of nitrogens with one attached hydrogen (secondary N) is 1. The van der Waals surface area contributed by atoms with E-state index in [0.717, 1.165) is 10.2 Å². The molecule has 21 heavy (non-hydrogen) atoms. The van der Waals surface area contributed by atoms with Crippen LogP contribution in [0.2, 0.25) is 0 Å². The fourth-order valence-corrected chi connectivity index (χ4v) is 2.26. The summed E-state index contributed by atoms with van der Waals surface area (Å²) in [6, 6.07) is 7.74. The van der Waals surface area contributed by atoms with Crippen LogP contribution in [0.15, 0.2) is 41.1 Å². The number of carbonyl (C=O) groups excluding carboxylic acids is 1. The zero-order chi connectivity index (χ0) is 15.2. The maximum atomic E-state index is 12.1. The van der Waals surface area contributed by atoms with Gasteiger partial charge in [0, 0.05) is 17.6 Å². The predicted octanol–water partition coefficient (Wildman–Crippen LogP) is 3.46. The first kappa shape index (κ1) is 15.4. The summed E-state index contributed by atoms with van der Waals surface area (Å²) in [5, 5.41) is 3.15. The van der Waals surface area contributed by atoms with Gasteiger partial charge < -0.3 is 10.2 Å². The number of halogens is 1. The van der Waals surface area contributed by atoms with Crippen LogP contribution in [-0.4, -0.2) is 33.9 Å². The van der Waals surface area contributed by atoms with Crippen LogP contribution in [0.5, 0.6) is 0 Å². The Labute approximate surface area is 132 Å². The van der Waals surface area contributed by atoms with Gasteiger partial charge in [-0.2, -0.15) is 0 Å². The molecule has 5 nitrogen and oxygen atoms in total. The summed E-state index contributed by atoms with van der Waals surface area (Å²) in [6.45, 7) is 5.21. The minimum Gasteiger partial charge on any atom is -0.338 e. The van der Waals surface area contributed by atoms with Gasteiger partial charge in [0.25, 0.3) is 5.91 Å². The molecule has 0 aliphatic heterocycles. The first-order valence-electron chi connectivity index (χ1n) is 6.78. The predicted molar refractivity (Wildman–Crippen MR) is 86.7 cm³/mol. The lowest BCUT2D eigenvalue weighted by Crippen LogP contribution is -2.31. The van der Waals surface area contributed by atoms with Gasteiger partial charge in [0.05, 0.1) is 18.1 Å². The Hall–Kier alpha value is -1.95. The molecule has 0 fully saturated rings. The third-order valence-corrected chi connectivity index (χ3v) is 3.75. The van der Waals surface area contributed by atoms with E-state index < -0.39 is 0 Å². The topological polar surface area (TPSA) is 58.1 Å². The lowest BCUT2D eigenvalue weighted by Gasteiger charge is -2.17. The van der Waals surface area contributed by atoms with E-state index in [1.54, 1.807) is 11.1 Å². The number of hydrogen-bond donors (Lipinski definition) is 1. The number of nitrogens with zero attached hydrogens (tertiary/aromatic N) is 3. The number of carbonyl (C=O) groups is 1. The van der Waals surface area contributed by atoms with E-state index in [2.05, 4.69) is 31.2 Å². The fraction of sp³-hybridized carbons (Fsp3) is 0.267. The molecule has 0 radical (unpaired) electrons. The van der Waals surface area contributed by atoms with Crippen LogP contribution in [0.25, 0.3) is 0 Å². The highest BCUT2D eigenvalue weighted by atomic mass is 79.9. The summed E-state index contributed by atoms with van der Waals surface area (Å²) in [5.74, 6) is 0.498. The zero-order valence-electron chi connectivity index (χ0n) is 12.0. The van der Waals surface area contributed by atoms with Crippen molar-refractivity contribution in [3.8, 4) is 0 Å². The molecule has 1 N–H and O–H groups in total. The number of amides is 1. The SMILES string of the molecule is CCN(CC)C(=O)c1cnc(Nc2ccccc2Br)cn1. The highest BCUT2D eigenvalue weighted by Crippen LogP contribution is 2.23. The summed E-state index contributed by atoms with van der Waals surface area (Å²) in [7, 11) is 0. The van der Waals surface area contributed by atoms with Crippen molar-refractivity contribution in [1.82, 2.24) is 14.9 Å². The normalized spacial score (nSPS) is 10.2. The van der Waals surface area contributed by atoms with Crippen molar-refractivity contribution in [3.05, 3.63) is 46.8 Å². The van der Waals surface area contributed by atoms with E-state index in [1.807, 2.05) is 38.1 Å². The van der Waals surface area contributed by atoms with Crippen molar-refractivity contribution in [2.75, 3.05) is 18.4 Å². The van der Waals surface area contributed by atoms with Crippen LogP contribution < -0.4 is 5.32 Å². The van der Waals surface area contributed by atoms with Crippen LogP contribution >= 0.6 is 15.9 Å². The summed E-state index contributed by atoms with van der Waals surface area (Å²) >= 11 is 3.46. The van der Waals surface area contributed by atoms with E-state index in [1.165, 1.54) is 6.20 Å². The van der Waals surface area contributed by atoms with Gasteiger partial charge >= 0.3 is 0 Å². The second kappa shape index (κ2) is 7.17. The molecule has 1 amide bonds. The Kier molecular flexibility index (Phi) is 5.27. The second-order valence-corrected chi connectivity index (χ2v) is 5.22. The van der Waals surface area contributed by atoms with Crippen molar-refractivity contribution in [2.24, 2.45) is 0 Å². The first-order valence-corrected chi connectivity index (χ1v) is 7.57. The second-order valence-electron chi connectivity index (χ2n) is 4.37. The molecule has 0 unspecified atom stereocenters. The Morgan fingerprint density at radius 1 is 1.19 bits per heavy atom. The first-order chi connectivity index (χ1) is 10.2. The Morgan fingerprint density at radius 2 is 1.90 bits per heavy atom. The number of hydrogen-bond acceptors (Lipinski definition) is 4. The van der Waals surface area contributed by atoms with E-state index >= 15 is 0 Å². The Morgan fingerprint density at radius 3 is 2.48 bits per heavy atom. The number of aromatic nitrogens is 2. The molecule has 2 rings (SSSR count). The van der Waals surface area contributed by atoms with Gasteiger partial charge in [-0.05, 0) is 41.9 Å². The molecular weight excluding hydrogens is 332 g/mol. The van der Waals surface area contributed by atoms with Crippen molar-refractivity contribution < 1.29 is 4.79 Å². The van der Waals surface area contributed by atoms with Gasteiger partial charge in [-0.15, -0.1) is 0 Å². The lowest BCUT2D eigenvalue weighted by molar-refractivity contribution is 0.0766. The molecule has 0 aliphatic carbocycles. The van der Waals surface area contributed by atoms with Crippen molar-refractivity contribution in [3.63, 3.8) is 0 Å². The number of rotatable bonds is 5. The molecule has 0 aliphatic rings. The number of benzene rings is 1. The number of para-hydroxylation sites is 1. The van der Waals surface area contributed by atoms with Crippen LogP contribution in [0.1, 0.15) is 24.3 Å². The zero-order valence-corrected chi connectivity index (χ0v) is 13.6. The van der Waals surface area contributed by atoms with E-state index in [9.17, 15) is 4.79 Å². The number of anilines is 2. The molecule has 110 valence electrons. The average Bonchev–Trinajstić information content (AvgIpc) is 2.51. The van der Waals surface area contributed by atoms with Crippen LogP contribution in [0.3, 0.4) is 0 Å². The summed E-state index contributed by atoms with van der Waals surface area (Å²) in [6.07, 6.45) is 3.07. The van der Waals surface area contributed by atoms with Crippen LogP contribution in [0, 0.1) is 0 Å². The van der Waals surface area contributed by atoms with Crippen molar-refractivity contribution >= 4 is 33.3 Å². The fourth-order valence-electron chi connectivity index (χ4n) is 1.88. The molecule has 0 saturated heterocycles. The lowest BCUT2D eigenvalue weighted by atomic mass is 10.3. The summed E-state index contributed by atoms with van der Waals surface area (Å²) < 4.78 is 0.940. The van der Waals surface area contributed by atoms with E-state index in [-0.39, 0.29) is 5.91 Å². The third kappa shape index (κ3) is 3.78. The monoisotopic (exact) mass is 348 g/mol. The molecule has 0 saturated carbocycles. The smallest absolute Gasteiger partial charge is 0.274 e. The molecule has 0 bridgehead atoms. The van der Waals surface area contributed by atoms with Crippen LogP contribution in [0.4, 0.5) is 11.5 Å². The van der Waals surface area contributed by atoms with Gasteiger partial charge in [-0.1, -0.05) is 12.1 Å². The molecule has 1 heterocycles. The minimum atomic E-state index is -0.0973. The molecule has 6 heteroatoms. The minimum absolute atomic E-state index is 0.0973. The highest BCUT2D eigenvalue weighted by molar-refractivity contribution is 9.10. The van der Waals surface area contributed by atoms with E-state index in [4.69, 9.17) is 0 Å². The molecule has 0 spiro atoms. The Bertz CT molecular complexity index is 611. The summed E-state index contributed by atoms with van der Waals surface area (Å²) in [4.78, 5) is 22.3. The molecular formula is C15H17BrN4O. The summed E-state index contributed by atoms with van der Waals surface area (Å²) in [5.41, 5.74) is 1.26. The quantitative estimate of drug-likeness (QED) is 0.898. The molecule has 2 aromatic rings. The molecule has 1 aromatic heterocycles. The maximum absolute atomic E-state index is 12.1. The van der Waals surface area contributed by atoms with Gasteiger partial charge in [0.15, 0.2) is 0 Å². The highest BCUT2D eigenvalue weighted by Gasteiger charge is 2.14. The average molecular weight is 349 g/mol. The van der Waals surface area contributed by atoms with Crippen molar-refractivity contribution in [2.45, 2.75) is 13.8 Å². The third-order valence-electron chi connectivity index (χ3n) is 3.06. The standard InChI is InChI=1S/C15H17BrN4O/c1-3-20(4-2)15(21)13-9-18-14(10-17-13)19-12-8-6-5-7-11(12)16/h5-10H,3-4H2,1-2H3,(H,18,19). The van der Waals surface area contributed by atoms with Gasteiger partial charge in [0.1, 0.15) is 11.5 Å². The van der Waals surface area contributed by atoms with Gasteiger partial charge in [-0.25, -0.2) is 9.97 Å². The van der Waals surface area contributed by atoms with Gasteiger partial charge in [-0.3, -0.25) is 4.79 Å². The van der Waals surface area contributed by atoms with Gasteiger partial charge in [0.2, 0.25) is 0 Å². The maximum Gasteiger partial charge on any atom is 0.274 e. The largest absolute Gasteiger partial charge is 0.338 e. The van der Waals surface area contributed by atoms with Crippen LogP contribution in [-0.2, 0) is 0 Å². The Balaban J connectivity index is 2.12. The van der Waals surface area contributed by atoms with E-state index in [0.29, 0.717) is 24.6 Å². The molecule has 0 atom stereocenters.